The molecule has 2 fully saturated rings. The van der Waals surface area contributed by atoms with Crippen molar-refractivity contribution in [2.24, 2.45) is 11.3 Å². The Bertz CT molecular complexity index is 280. The summed E-state index contributed by atoms with van der Waals surface area (Å²) in [7, 11) is 1.85. The lowest BCUT2D eigenvalue weighted by Gasteiger charge is -2.41. The highest BCUT2D eigenvalue weighted by molar-refractivity contribution is 4.90. The van der Waals surface area contributed by atoms with Crippen LogP contribution in [0.2, 0.25) is 0 Å². The summed E-state index contributed by atoms with van der Waals surface area (Å²) in [5.41, 5.74) is 0.314. The Morgan fingerprint density at radius 1 is 1.45 bits per heavy atom. The Kier molecular flexibility index (Phi) is 6.27. The summed E-state index contributed by atoms with van der Waals surface area (Å²) in [6.45, 7) is 12.0. The number of hydrogen-bond donors (Lipinski definition) is 1. The van der Waals surface area contributed by atoms with E-state index in [0.717, 1.165) is 39.4 Å². The highest BCUT2D eigenvalue weighted by atomic mass is 16.5. The Morgan fingerprint density at radius 3 is 2.95 bits per heavy atom. The molecule has 4 nitrogen and oxygen atoms in total. The average molecular weight is 284 g/mol. The van der Waals surface area contributed by atoms with Crippen molar-refractivity contribution in [3.05, 3.63) is 0 Å². The molecule has 0 radical (unpaired) electrons. The fourth-order valence-electron chi connectivity index (χ4n) is 3.52. The van der Waals surface area contributed by atoms with Gasteiger partial charge in [-0.3, -0.25) is 0 Å². The minimum atomic E-state index is 0.314. The molecule has 0 aromatic heterocycles. The van der Waals surface area contributed by atoms with Gasteiger partial charge in [-0.15, -0.1) is 0 Å². The van der Waals surface area contributed by atoms with E-state index < -0.39 is 0 Å². The van der Waals surface area contributed by atoms with Gasteiger partial charge in [-0.25, -0.2) is 0 Å². The summed E-state index contributed by atoms with van der Waals surface area (Å²) in [6.07, 6.45) is 4.03. The van der Waals surface area contributed by atoms with Crippen LogP contribution in [0, 0.1) is 11.3 Å². The molecule has 0 bridgehead atoms. The van der Waals surface area contributed by atoms with Gasteiger partial charge in [-0.1, -0.05) is 13.8 Å². The maximum Gasteiger partial charge on any atom is 0.0724 e. The molecular formula is C16H32N2O2. The average Bonchev–Trinajstić information content (AvgIpc) is 2.90. The fourth-order valence-corrected chi connectivity index (χ4v) is 3.52. The van der Waals surface area contributed by atoms with Crippen LogP contribution in [0.1, 0.15) is 33.1 Å². The molecule has 4 heteroatoms. The number of nitrogens with zero attached hydrogens (tertiary/aromatic N) is 1. The van der Waals surface area contributed by atoms with Gasteiger partial charge in [-0.2, -0.15) is 0 Å². The van der Waals surface area contributed by atoms with Gasteiger partial charge >= 0.3 is 0 Å². The summed E-state index contributed by atoms with van der Waals surface area (Å²) in [5, 5.41) is 3.60. The smallest absolute Gasteiger partial charge is 0.0724 e. The van der Waals surface area contributed by atoms with Gasteiger partial charge in [0.25, 0.3) is 0 Å². The van der Waals surface area contributed by atoms with E-state index in [0.29, 0.717) is 17.4 Å². The highest BCUT2D eigenvalue weighted by Crippen LogP contribution is 2.31. The van der Waals surface area contributed by atoms with E-state index in [4.69, 9.17) is 9.47 Å². The lowest BCUT2D eigenvalue weighted by molar-refractivity contribution is -0.0192. The molecule has 3 atom stereocenters. The standard InChI is InChI=1S/C16H32N2O2/c1-4-7-17-11-16(6-9-20-13-16)12-18-8-5-14(2)15(10-18)19-3/h14-15,17H,4-13H2,1-3H3. The number of hydrogen-bond acceptors (Lipinski definition) is 4. The lowest BCUT2D eigenvalue weighted by Crippen LogP contribution is -2.51. The SMILES string of the molecule is CCCNCC1(CN2CCC(C)C(OC)C2)CCOC1. The first kappa shape index (κ1) is 16.2. The van der Waals surface area contributed by atoms with Gasteiger partial charge in [0.15, 0.2) is 0 Å². The van der Waals surface area contributed by atoms with Gasteiger partial charge in [0.2, 0.25) is 0 Å². The molecular weight excluding hydrogens is 252 g/mol. The van der Waals surface area contributed by atoms with E-state index in [1.54, 1.807) is 0 Å². The van der Waals surface area contributed by atoms with Crippen molar-refractivity contribution < 1.29 is 9.47 Å². The van der Waals surface area contributed by atoms with Crippen LogP contribution >= 0.6 is 0 Å². The first-order valence-electron chi connectivity index (χ1n) is 8.23. The van der Waals surface area contributed by atoms with Crippen LogP contribution in [0.5, 0.6) is 0 Å². The van der Waals surface area contributed by atoms with Crippen molar-refractivity contribution in [2.45, 2.75) is 39.2 Å². The van der Waals surface area contributed by atoms with Gasteiger partial charge in [0, 0.05) is 38.8 Å². The summed E-state index contributed by atoms with van der Waals surface area (Å²) in [5.74, 6) is 0.685. The Hall–Kier alpha value is -0.160. The summed E-state index contributed by atoms with van der Waals surface area (Å²) >= 11 is 0. The second kappa shape index (κ2) is 7.74. The van der Waals surface area contributed by atoms with E-state index >= 15 is 0 Å². The second-order valence-electron chi connectivity index (χ2n) is 6.75. The third-order valence-corrected chi connectivity index (χ3v) is 4.95. The molecule has 2 aliphatic rings. The molecule has 20 heavy (non-hydrogen) atoms. The van der Waals surface area contributed by atoms with Crippen molar-refractivity contribution in [2.75, 3.05) is 53.0 Å². The van der Waals surface area contributed by atoms with Crippen molar-refractivity contribution in [3.8, 4) is 0 Å². The van der Waals surface area contributed by atoms with Gasteiger partial charge in [0.05, 0.1) is 12.7 Å². The van der Waals surface area contributed by atoms with Crippen molar-refractivity contribution in [3.63, 3.8) is 0 Å². The summed E-state index contributed by atoms with van der Waals surface area (Å²) in [4.78, 5) is 2.59. The number of rotatable bonds is 7. The zero-order valence-electron chi connectivity index (χ0n) is 13.5. The van der Waals surface area contributed by atoms with Crippen LogP contribution in [0.3, 0.4) is 0 Å². The zero-order chi connectivity index (χ0) is 14.4. The number of nitrogens with one attached hydrogen (secondary N) is 1. The number of methoxy groups -OCH3 is 1. The molecule has 3 unspecified atom stereocenters. The Balaban J connectivity index is 1.87. The van der Waals surface area contributed by atoms with Crippen molar-refractivity contribution in [1.82, 2.24) is 10.2 Å². The predicted molar refractivity (Wildman–Crippen MR) is 82.0 cm³/mol. The monoisotopic (exact) mass is 284 g/mol. The third-order valence-electron chi connectivity index (χ3n) is 4.95. The maximum atomic E-state index is 5.71. The van der Waals surface area contributed by atoms with Crippen molar-refractivity contribution >= 4 is 0 Å². The lowest BCUT2D eigenvalue weighted by atomic mass is 9.85. The molecule has 0 aromatic rings. The normalized spacial score (nSPS) is 35.5. The zero-order valence-corrected chi connectivity index (χ0v) is 13.5. The molecule has 2 saturated heterocycles. The molecule has 0 spiro atoms. The van der Waals surface area contributed by atoms with Gasteiger partial charge in [0.1, 0.15) is 0 Å². The Morgan fingerprint density at radius 2 is 2.30 bits per heavy atom. The van der Waals surface area contributed by atoms with E-state index in [9.17, 15) is 0 Å². The van der Waals surface area contributed by atoms with Crippen LogP contribution in [-0.2, 0) is 9.47 Å². The number of likely N-dealkylation sites (tertiary alicyclic amines) is 1. The molecule has 0 amide bonds. The third kappa shape index (κ3) is 4.17. The second-order valence-corrected chi connectivity index (χ2v) is 6.75. The predicted octanol–water partition coefficient (Wildman–Crippen LogP) is 1.75. The minimum absolute atomic E-state index is 0.314. The molecule has 0 saturated carbocycles. The Labute approximate surface area is 124 Å². The van der Waals surface area contributed by atoms with Crippen LogP contribution in [0.25, 0.3) is 0 Å². The fraction of sp³-hybridized carbons (Fsp3) is 1.00. The molecule has 0 aromatic carbocycles. The first-order valence-corrected chi connectivity index (χ1v) is 8.23. The largest absolute Gasteiger partial charge is 0.381 e. The maximum absolute atomic E-state index is 5.71. The topological polar surface area (TPSA) is 33.7 Å². The van der Waals surface area contributed by atoms with E-state index in [2.05, 4.69) is 24.1 Å². The van der Waals surface area contributed by atoms with E-state index in [1.807, 2.05) is 7.11 Å². The van der Waals surface area contributed by atoms with Crippen LogP contribution in [-0.4, -0.2) is 64.1 Å². The van der Waals surface area contributed by atoms with E-state index in [-0.39, 0.29) is 0 Å². The van der Waals surface area contributed by atoms with Gasteiger partial charge < -0.3 is 19.7 Å². The first-order chi connectivity index (χ1) is 9.69. The van der Waals surface area contributed by atoms with Crippen molar-refractivity contribution in [1.29, 1.82) is 0 Å². The quantitative estimate of drug-likeness (QED) is 0.722. The van der Waals surface area contributed by atoms with Gasteiger partial charge in [-0.05, 0) is 38.3 Å². The molecule has 118 valence electrons. The summed E-state index contributed by atoms with van der Waals surface area (Å²) in [6, 6.07) is 0. The van der Waals surface area contributed by atoms with Crippen LogP contribution in [0.4, 0.5) is 0 Å². The highest BCUT2D eigenvalue weighted by Gasteiger charge is 2.38. The van der Waals surface area contributed by atoms with Crippen LogP contribution in [0.15, 0.2) is 0 Å². The molecule has 2 rings (SSSR count). The van der Waals surface area contributed by atoms with Crippen LogP contribution < -0.4 is 5.32 Å². The minimum Gasteiger partial charge on any atom is -0.381 e. The number of ether oxygens (including phenoxy) is 2. The molecule has 1 N–H and O–H groups in total. The van der Waals surface area contributed by atoms with E-state index in [1.165, 1.54) is 25.8 Å². The molecule has 2 aliphatic heterocycles. The number of piperidine rings is 1. The molecule has 2 heterocycles. The molecule has 0 aliphatic carbocycles. The summed E-state index contributed by atoms with van der Waals surface area (Å²) < 4.78 is 11.4.